The summed E-state index contributed by atoms with van der Waals surface area (Å²) < 4.78 is 0. The second-order valence-electron chi connectivity index (χ2n) is 4.96. The number of amides is 1. The highest BCUT2D eigenvalue weighted by Gasteiger charge is 2.17. The molecule has 3 nitrogen and oxygen atoms in total. The molecule has 0 heterocycles. The quantitative estimate of drug-likeness (QED) is 0.865. The van der Waals surface area contributed by atoms with E-state index in [2.05, 4.69) is 0 Å². The Balaban J connectivity index is 2.36. The summed E-state index contributed by atoms with van der Waals surface area (Å²) in [6, 6.07) is 13.3. The van der Waals surface area contributed by atoms with Crippen LogP contribution in [0.3, 0.4) is 0 Å². The molecule has 3 heteroatoms. The topological polar surface area (TPSA) is 46.3 Å². The van der Waals surface area contributed by atoms with Crippen molar-refractivity contribution in [3.05, 3.63) is 59.2 Å². The van der Waals surface area contributed by atoms with Crippen LogP contribution < -0.4 is 10.6 Å². The Hall–Kier alpha value is -2.29. The lowest BCUT2D eigenvalue weighted by Crippen LogP contribution is -2.31. The Morgan fingerprint density at radius 3 is 2.30 bits per heavy atom. The number of nitrogens with zero attached hydrogens (tertiary/aromatic N) is 1. The van der Waals surface area contributed by atoms with Gasteiger partial charge in [0.25, 0.3) is 5.91 Å². The zero-order valence-electron chi connectivity index (χ0n) is 12.2. The van der Waals surface area contributed by atoms with Gasteiger partial charge in [-0.3, -0.25) is 4.79 Å². The van der Waals surface area contributed by atoms with Gasteiger partial charge in [-0.1, -0.05) is 17.7 Å². The van der Waals surface area contributed by atoms with E-state index in [1.54, 1.807) is 4.90 Å². The minimum atomic E-state index is 0.0229. The average molecular weight is 268 g/mol. The Morgan fingerprint density at radius 1 is 1.10 bits per heavy atom. The first-order valence-electron chi connectivity index (χ1n) is 6.77. The molecule has 0 aliphatic rings. The third-order valence-corrected chi connectivity index (χ3v) is 3.38. The van der Waals surface area contributed by atoms with Gasteiger partial charge in [-0.25, -0.2) is 0 Å². The number of rotatable bonds is 3. The number of anilines is 2. The predicted molar refractivity (Wildman–Crippen MR) is 84.1 cm³/mol. The smallest absolute Gasteiger partial charge is 0.258 e. The number of nitrogens with two attached hydrogens (primary N) is 1. The second-order valence-corrected chi connectivity index (χ2v) is 4.96. The van der Waals surface area contributed by atoms with Crippen LogP contribution >= 0.6 is 0 Å². The van der Waals surface area contributed by atoms with E-state index in [0.29, 0.717) is 12.2 Å². The fourth-order valence-corrected chi connectivity index (χ4v) is 2.30. The van der Waals surface area contributed by atoms with E-state index in [1.165, 1.54) is 0 Å². The molecule has 0 atom stereocenters. The SMILES string of the molecule is CCN(C(=O)c1ccc(C)cc1C)c1ccc(N)cc1. The van der Waals surface area contributed by atoms with Crippen molar-refractivity contribution in [1.29, 1.82) is 0 Å². The van der Waals surface area contributed by atoms with Crippen LogP contribution in [-0.2, 0) is 0 Å². The van der Waals surface area contributed by atoms with E-state index in [4.69, 9.17) is 5.73 Å². The van der Waals surface area contributed by atoms with Crippen molar-refractivity contribution in [1.82, 2.24) is 0 Å². The van der Waals surface area contributed by atoms with Crippen molar-refractivity contribution in [2.24, 2.45) is 0 Å². The van der Waals surface area contributed by atoms with E-state index in [9.17, 15) is 4.79 Å². The first-order chi connectivity index (χ1) is 9.52. The normalized spacial score (nSPS) is 10.3. The molecule has 2 aromatic rings. The van der Waals surface area contributed by atoms with Crippen molar-refractivity contribution in [3.8, 4) is 0 Å². The zero-order valence-corrected chi connectivity index (χ0v) is 12.2. The molecule has 0 saturated carbocycles. The predicted octanol–water partition coefficient (Wildman–Crippen LogP) is 3.55. The number of benzene rings is 2. The van der Waals surface area contributed by atoms with E-state index >= 15 is 0 Å². The molecule has 20 heavy (non-hydrogen) atoms. The first-order valence-corrected chi connectivity index (χ1v) is 6.77. The summed E-state index contributed by atoms with van der Waals surface area (Å²) in [5.41, 5.74) is 10.2. The number of nitrogen functional groups attached to an aromatic ring is 1. The molecule has 0 fully saturated rings. The summed E-state index contributed by atoms with van der Waals surface area (Å²) in [5, 5.41) is 0. The van der Waals surface area contributed by atoms with Crippen LogP contribution in [0.5, 0.6) is 0 Å². The molecule has 0 radical (unpaired) electrons. The lowest BCUT2D eigenvalue weighted by atomic mass is 10.0. The molecular formula is C17H20N2O. The maximum absolute atomic E-state index is 12.7. The van der Waals surface area contributed by atoms with Gasteiger partial charge in [0.2, 0.25) is 0 Å². The maximum Gasteiger partial charge on any atom is 0.258 e. The lowest BCUT2D eigenvalue weighted by molar-refractivity contribution is 0.0987. The molecule has 0 saturated heterocycles. The molecule has 0 spiro atoms. The minimum Gasteiger partial charge on any atom is -0.399 e. The fourth-order valence-electron chi connectivity index (χ4n) is 2.30. The molecule has 0 aliphatic carbocycles. The van der Waals surface area contributed by atoms with Crippen molar-refractivity contribution in [3.63, 3.8) is 0 Å². The van der Waals surface area contributed by atoms with Crippen LogP contribution in [-0.4, -0.2) is 12.5 Å². The zero-order chi connectivity index (χ0) is 14.7. The van der Waals surface area contributed by atoms with Crippen molar-refractivity contribution in [2.75, 3.05) is 17.2 Å². The maximum atomic E-state index is 12.7. The Morgan fingerprint density at radius 2 is 1.75 bits per heavy atom. The van der Waals surface area contributed by atoms with Gasteiger partial charge in [0.05, 0.1) is 0 Å². The molecular weight excluding hydrogens is 248 g/mol. The second kappa shape index (κ2) is 5.78. The molecule has 104 valence electrons. The highest BCUT2D eigenvalue weighted by Crippen LogP contribution is 2.20. The number of carbonyl (C=O) groups is 1. The Kier molecular flexibility index (Phi) is 4.08. The third kappa shape index (κ3) is 2.82. The van der Waals surface area contributed by atoms with Crippen LogP contribution in [0.2, 0.25) is 0 Å². The Labute approximate surface area is 120 Å². The largest absolute Gasteiger partial charge is 0.399 e. The molecule has 2 N–H and O–H groups in total. The fraction of sp³-hybridized carbons (Fsp3) is 0.235. The highest BCUT2D eigenvalue weighted by molar-refractivity contribution is 6.07. The van der Waals surface area contributed by atoms with Crippen molar-refractivity contribution in [2.45, 2.75) is 20.8 Å². The molecule has 2 aromatic carbocycles. The molecule has 1 amide bonds. The van der Waals surface area contributed by atoms with Gasteiger partial charge in [0.1, 0.15) is 0 Å². The summed E-state index contributed by atoms with van der Waals surface area (Å²) in [7, 11) is 0. The molecule has 0 aliphatic heterocycles. The average Bonchev–Trinajstić information content (AvgIpc) is 2.41. The molecule has 0 unspecified atom stereocenters. The van der Waals surface area contributed by atoms with E-state index in [-0.39, 0.29) is 5.91 Å². The summed E-state index contributed by atoms with van der Waals surface area (Å²) in [6.07, 6.45) is 0. The van der Waals surface area contributed by atoms with Crippen molar-refractivity contribution >= 4 is 17.3 Å². The number of carbonyl (C=O) groups excluding carboxylic acids is 1. The van der Waals surface area contributed by atoms with Gasteiger partial charge >= 0.3 is 0 Å². The minimum absolute atomic E-state index is 0.0229. The standard InChI is InChI=1S/C17H20N2O/c1-4-19(15-8-6-14(18)7-9-15)17(20)16-10-5-12(2)11-13(16)3/h5-11H,4,18H2,1-3H3. The van der Waals surface area contributed by atoms with Gasteiger partial charge in [0, 0.05) is 23.5 Å². The molecule has 0 bridgehead atoms. The van der Waals surface area contributed by atoms with Crippen LogP contribution in [0.25, 0.3) is 0 Å². The summed E-state index contributed by atoms with van der Waals surface area (Å²) in [4.78, 5) is 14.4. The van der Waals surface area contributed by atoms with Gasteiger partial charge in [-0.05, 0) is 56.7 Å². The van der Waals surface area contributed by atoms with Gasteiger partial charge in [-0.15, -0.1) is 0 Å². The van der Waals surface area contributed by atoms with Crippen LogP contribution in [0.1, 0.15) is 28.4 Å². The number of aryl methyl sites for hydroxylation is 2. The highest BCUT2D eigenvalue weighted by atomic mass is 16.2. The molecule has 0 aromatic heterocycles. The van der Waals surface area contributed by atoms with E-state index in [1.807, 2.05) is 63.2 Å². The first kappa shape index (κ1) is 14.1. The summed E-state index contributed by atoms with van der Waals surface area (Å²) >= 11 is 0. The number of hydrogen-bond acceptors (Lipinski definition) is 2. The van der Waals surface area contributed by atoms with Crippen LogP contribution in [0.4, 0.5) is 11.4 Å². The molecule has 2 rings (SSSR count). The Bertz CT molecular complexity index is 617. The summed E-state index contributed by atoms with van der Waals surface area (Å²) in [5.74, 6) is 0.0229. The van der Waals surface area contributed by atoms with Gasteiger partial charge in [-0.2, -0.15) is 0 Å². The van der Waals surface area contributed by atoms with Gasteiger partial charge < -0.3 is 10.6 Å². The lowest BCUT2D eigenvalue weighted by Gasteiger charge is -2.22. The summed E-state index contributed by atoms with van der Waals surface area (Å²) in [6.45, 7) is 6.59. The third-order valence-electron chi connectivity index (χ3n) is 3.38. The van der Waals surface area contributed by atoms with Crippen LogP contribution in [0, 0.1) is 13.8 Å². The van der Waals surface area contributed by atoms with Gasteiger partial charge in [0.15, 0.2) is 0 Å². The monoisotopic (exact) mass is 268 g/mol. The van der Waals surface area contributed by atoms with Crippen LogP contribution in [0.15, 0.2) is 42.5 Å². The number of hydrogen-bond donors (Lipinski definition) is 1. The van der Waals surface area contributed by atoms with Crippen molar-refractivity contribution < 1.29 is 4.79 Å². The van der Waals surface area contributed by atoms with E-state index in [0.717, 1.165) is 22.4 Å². The van der Waals surface area contributed by atoms with E-state index < -0.39 is 0 Å².